The molecule has 6 heteroatoms. The van der Waals surface area contributed by atoms with Crippen LogP contribution in [0.2, 0.25) is 0 Å². The van der Waals surface area contributed by atoms with Gasteiger partial charge in [-0.05, 0) is 30.7 Å². The molecule has 114 valence electrons. The number of amides is 2. The first-order chi connectivity index (χ1) is 9.75. The van der Waals surface area contributed by atoms with E-state index in [0.29, 0.717) is 12.0 Å². The normalized spacial score (nSPS) is 18.6. The van der Waals surface area contributed by atoms with Gasteiger partial charge >= 0.3 is 0 Å². The zero-order valence-corrected chi connectivity index (χ0v) is 12.7. The van der Waals surface area contributed by atoms with Crippen molar-refractivity contribution >= 4 is 29.9 Å². The van der Waals surface area contributed by atoms with E-state index in [2.05, 4.69) is 5.32 Å². The smallest absolute Gasteiger partial charge is 0.253 e. The zero-order valence-electron chi connectivity index (χ0n) is 11.9. The summed E-state index contributed by atoms with van der Waals surface area (Å²) in [5, 5.41) is 3.23. The van der Waals surface area contributed by atoms with Gasteiger partial charge in [0.2, 0.25) is 5.91 Å². The van der Waals surface area contributed by atoms with Crippen LogP contribution in [0.3, 0.4) is 0 Å². The lowest BCUT2D eigenvalue weighted by Crippen LogP contribution is -2.46. The van der Waals surface area contributed by atoms with E-state index in [1.807, 2.05) is 29.2 Å². The van der Waals surface area contributed by atoms with Crippen LogP contribution < -0.4 is 10.2 Å². The SMILES string of the molecule is Cl.O=C(c1ccc(N2CCCC2=O)cc1)N1CCNCC1. The van der Waals surface area contributed by atoms with Crippen LogP contribution in [0.1, 0.15) is 23.2 Å². The van der Waals surface area contributed by atoms with Crippen LogP contribution in [0.15, 0.2) is 24.3 Å². The predicted octanol–water partition coefficient (Wildman–Crippen LogP) is 1.28. The quantitative estimate of drug-likeness (QED) is 0.895. The first-order valence-corrected chi connectivity index (χ1v) is 7.16. The van der Waals surface area contributed by atoms with Crippen LogP contribution in [0.5, 0.6) is 0 Å². The zero-order chi connectivity index (χ0) is 13.9. The van der Waals surface area contributed by atoms with Crippen molar-refractivity contribution in [1.29, 1.82) is 0 Å². The van der Waals surface area contributed by atoms with E-state index in [4.69, 9.17) is 0 Å². The fourth-order valence-corrected chi connectivity index (χ4v) is 2.76. The van der Waals surface area contributed by atoms with Gasteiger partial charge in [-0.1, -0.05) is 0 Å². The molecule has 2 amide bonds. The van der Waals surface area contributed by atoms with Gasteiger partial charge in [-0.2, -0.15) is 0 Å². The first kappa shape index (κ1) is 15.8. The number of halogens is 1. The topological polar surface area (TPSA) is 52.7 Å². The number of rotatable bonds is 2. The molecule has 1 N–H and O–H groups in total. The van der Waals surface area contributed by atoms with Gasteiger partial charge in [-0.15, -0.1) is 12.4 Å². The summed E-state index contributed by atoms with van der Waals surface area (Å²) in [7, 11) is 0. The highest BCUT2D eigenvalue weighted by atomic mass is 35.5. The second-order valence-corrected chi connectivity index (χ2v) is 5.24. The summed E-state index contributed by atoms with van der Waals surface area (Å²) < 4.78 is 0. The predicted molar refractivity (Wildman–Crippen MR) is 84.1 cm³/mol. The molecule has 0 aromatic heterocycles. The van der Waals surface area contributed by atoms with Crippen molar-refractivity contribution in [2.24, 2.45) is 0 Å². The lowest BCUT2D eigenvalue weighted by atomic mass is 10.1. The first-order valence-electron chi connectivity index (χ1n) is 7.16. The van der Waals surface area contributed by atoms with Crippen LogP contribution in [-0.2, 0) is 4.79 Å². The molecule has 2 fully saturated rings. The number of nitrogens with one attached hydrogen (secondary N) is 1. The molecule has 2 aliphatic rings. The third-order valence-corrected chi connectivity index (χ3v) is 3.90. The number of nitrogens with zero attached hydrogens (tertiary/aromatic N) is 2. The number of benzene rings is 1. The van der Waals surface area contributed by atoms with Crippen LogP contribution in [0.4, 0.5) is 5.69 Å². The third-order valence-electron chi connectivity index (χ3n) is 3.90. The minimum absolute atomic E-state index is 0. The van der Waals surface area contributed by atoms with E-state index in [0.717, 1.165) is 44.8 Å². The Labute approximate surface area is 130 Å². The Balaban J connectivity index is 0.00000161. The summed E-state index contributed by atoms with van der Waals surface area (Å²) in [5.74, 6) is 0.247. The number of carbonyl (C=O) groups excluding carboxylic acids is 2. The Morgan fingerprint density at radius 2 is 1.71 bits per heavy atom. The molecular weight excluding hydrogens is 290 g/mol. The highest BCUT2D eigenvalue weighted by Crippen LogP contribution is 2.22. The molecule has 2 heterocycles. The van der Waals surface area contributed by atoms with Gasteiger partial charge in [-0.3, -0.25) is 9.59 Å². The third kappa shape index (κ3) is 3.36. The van der Waals surface area contributed by atoms with E-state index in [9.17, 15) is 9.59 Å². The standard InChI is InChI=1S/C15H19N3O2.ClH/c19-14-2-1-9-18(14)13-5-3-12(4-6-13)15(20)17-10-7-16-8-11-17;/h3-6,16H,1-2,7-11H2;1H. The van der Waals surface area contributed by atoms with Crippen molar-refractivity contribution in [3.63, 3.8) is 0 Å². The molecule has 0 spiro atoms. The van der Waals surface area contributed by atoms with Crippen molar-refractivity contribution < 1.29 is 9.59 Å². The van der Waals surface area contributed by atoms with Gasteiger partial charge in [0.15, 0.2) is 0 Å². The molecule has 2 saturated heterocycles. The van der Waals surface area contributed by atoms with Crippen molar-refractivity contribution in [3.8, 4) is 0 Å². The minimum atomic E-state index is 0. The summed E-state index contributed by atoms with van der Waals surface area (Å²) in [6.07, 6.45) is 1.54. The molecule has 1 aromatic carbocycles. The van der Waals surface area contributed by atoms with Crippen molar-refractivity contribution in [2.45, 2.75) is 12.8 Å². The summed E-state index contributed by atoms with van der Waals surface area (Å²) in [6.45, 7) is 4.00. The number of anilines is 1. The van der Waals surface area contributed by atoms with Crippen LogP contribution in [-0.4, -0.2) is 49.4 Å². The average molecular weight is 310 g/mol. The molecule has 5 nitrogen and oxygen atoms in total. The largest absolute Gasteiger partial charge is 0.336 e. The Kier molecular flexibility index (Phi) is 5.20. The highest BCUT2D eigenvalue weighted by molar-refractivity contribution is 5.97. The second-order valence-electron chi connectivity index (χ2n) is 5.24. The second kappa shape index (κ2) is 6.91. The van der Waals surface area contributed by atoms with Crippen LogP contribution >= 0.6 is 12.4 Å². The van der Waals surface area contributed by atoms with Gasteiger partial charge in [0.05, 0.1) is 0 Å². The average Bonchev–Trinajstić information content (AvgIpc) is 2.94. The van der Waals surface area contributed by atoms with E-state index >= 15 is 0 Å². The molecule has 0 atom stereocenters. The van der Waals surface area contributed by atoms with Crippen molar-refractivity contribution in [2.75, 3.05) is 37.6 Å². The number of piperazine rings is 1. The van der Waals surface area contributed by atoms with Gasteiger partial charge in [0, 0.05) is 50.4 Å². The molecule has 21 heavy (non-hydrogen) atoms. The Morgan fingerprint density at radius 3 is 2.29 bits per heavy atom. The fourth-order valence-electron chi connectivity index (χ4n) is 2.76. The van der Waals surface area contributed by atoms with Gasteiger partial charge in [-0.25, -0.2) is 0 Å². The van der Waals surface area contributed by atoms with Gasteiger partial charge in [0.1, 0.15) is 0 Å². The molecule has 0 saturated carbocycles. The summed E-state index contributed by atoms with van der Waals surface area (Å²) in [6, 6.07) is 7.40. The maximum Gasteiger partial charge on any atom is 0.253 e. The van der Waals surface area contributed by atoms with E-state index in [-0.39, 0.29) is 24.2 Å². The minimum Gasteiger partial charge on any atom is -0.336 e. The molecule has 0 bridgehead atoms. The molecule has 0 radical (unpaired) electrons. The number of hydrogen-bond acceptors (Lipinski definition) is 3. The molecule has 2 aliphatic heterocycles. The van der Waals surface area contributed by atoms with E-state index < -0.39 is 0 Å². The Hall–Kier alpha value is -1.59. The highest BCUT2D eigenvalue weighted by Gasteiger charge is 2.22. The Morgan fingerprint density at radius 1 is 1.05 bits per heavy atom. The monoisotopic (exact) mass is 309 g/mol. The van der Waals surface area contributed by atoms with Crippen LogP contribution in [0.25, 0.3) is 0 Å². The maximum atomic E-state index is 12.3. The van der Waals surface area contributed by atoms with Crippen LogP contribution in [0, 0.1) is 0 Å². The molecule has 0 unspecified atom stereocenters. The summed E-state index contributed by atoms with van der Waals surface area (Å²) in [4.78, 5) is 27.7. The molecular formula is C15H20ClN3O2. The van der Waals surface area contributed by atoms with Crippen molar-refractivity contribution in [1.82, 2.24) is 10.2 Å². The van der Waals surface area contributed by atoms with Crippen molar-refractivity contribution in [3.05, 3.63) is 29.8 Å². The van der Waals surface area contributed by atoms with E-state index in [1.165, 1.54) is 0 Å². The summed E-state index contributed by atoms with van der Waals surface area (Å²) >= 11 is 0. The summed E-state index contributed by atoms with van der Waals surface area (Å²) in [5.41, 5.74) is 1.59. The molecule has 3 rings (SSSR count). The number of carbonyl (C=O) groups is 2. The molecule has 0 aliphatic carbocycles. The fraction of sp³-hybridized carbons (Fsp3) is 0.467. The molecule has 1 aromatic rings. The maximum absolute atomic E-state index is 12.3. The number of hydrogen-bond donors (Lipinski definition) is 1. The lowest BCUT2D eigenvalue weighted by Gasteiger charge is -2.27. The van der Waals surface area contributed by atoms with Gasteiger partial charge in [0.25, 0.3) is 5.91 Å². The van der Waals surface area contributed by atoms with E-state index in [1.54, 1.807) is 4.90 Å². The lowest BCUT2D eigenvalue weighted by molar-refractivity contribution is -0.117. The van der Waals surface area contributed by atoms with Gasteiger partial charge < -0.3 is 15.1 Å². The Bertz CT molecular complexity index is 512.